The molecule has 1 unspecified atom stereocenters. The van der Waals surface area contributed by atoms with Crippen LogP contribution in [0.3, 0.4) is 0 Å². The minimum absolute atomic E-state index is 0.217. The SMILES string of the molecule is C=C(NC(CC)C(=C)/C=C\C=C/C)c1ccccc1. The van der Waals surface area contributed by atoms with Crippen molar-refractivity contribution in [3.63, 3.8) is 0 Å². The number of benzene rings is 1. The normalized spacial score (nSPS) is 12.7. The molecule has 0 heterocycles. The van der Waals surface area contributed by atoms with Crippen molar-refractivity contribution in [1.29, 1.82) is 0 Å². The molecule has 0 aromatic heterocycles. The van der Waals surface area contributed by atoms with Gasteiger partial charge in [-0.05, 0) is 24.5 Å². The van der Waals surface area contributed by atoms with Gasteiger partial charge in [0.15, 0.2) is 0 Å². The summed E-state index contributed by atoms with van der Waals surface area (Å²) in [7, 11) is 0. The second-order valence-corrected chi connectivity index (χ2v) is 4.41. The van der Waals surface area contributed by atoms with Gasteiger partial charge >= 0.3 is 0 Å². The van der Waals surface area contributed by atoms with Crippen molar-refractivity contribution in [3.8, 4) is 0 Å². The van der Waals surface area contributed by atoms with E-state index in [4.69, 9.17) is 0 Å². The molecule has 0 aliphatic carbocycles. The van der Waals surface area contributed by atoms with Crippen LogP contribution < -0.4 is 5.32 Å². The molecule has 0 aliphatic heterocycles. The van der Waals surface area contributed by atoms with Gasteiger partial charge in [0.05, 0.1) is 6.04 Å². The largest absolute Gasteiger partial charge is 0.378 e. The van der Waals surface area contributed by atoms with Crippen molar-refractivity contribution in [2.75, 3.05) is 0 Å². The lowest BCUT2D eigenvalue weighted by atomic mass is 10.0. The Bertz CT molecular complexity index is 466. The van der Waals surface area contributed by atoms with Crippen LogP contribution in [-0.2, 0) is 0 Å². The van der Waals surface area contributed by atoms with E-state index in [0.29, 0.717) is 0 Å². The van der Waals surface area contributed by atoms with Gasteiger partial charge in [-0.1, -0.05) is 74.7 Å². The Kier molecular flexibility index (Phi) is 6.45. The molecule has 1 rings (SSSR count). The quantitative estimate of drug-likeness (QED) is 0.694. The van der Waals surface area contributed by atoms with Crippen molar-refractivity contribution in [2.24, 2.45) is 0 Å². The number of rotatable bonds is 7. The zero-order chi connectivity index (χ0) is 14.1. The van der Waals surface area contributed by atoms with Crippen LogP contribution in [0.25, 0.3) is 5.70 Å². The van der Waals surface area contributed by atoms with Crippen LogP contribution in [0.15, 0.2) is 73.4 Å². The molecule has 0 saturated carbocycles. The number of nitrogens with one attached hydrogen (secondary N) is 1. The molecule has 0 amide bonds. The Morgan fingerprint density at radius 2 is 1.89 bits per heavy atom. The van der Waals surface area contributed by atoms with Gasteiger partial charge in [-0.25, -0.2) is 0 Å². The first-order valence-electron chi connectivity index (χ1n) is 6.68. The van der Waals surface area contributed by atoms with Gasteiger partial charge in [-0.2, -0.15) is 0 Å². The molecule has 1 nitrogen and oxygen atoms in total. The van der Waals surface area contributed by atoms with Crippen molar-refractivity contribution < 1.29 is 0 Å². The van der Waals surface area contributed by atoms with E-state index < -0.39 is 0 Å². The Morgan fingerprint density at radius 1 is 1.21 bits per heavy atom. The second kappa shape index (κ2) is 8.15. The number of hydrogen-bond acceptors (Lipinski definition) is 1. The van der Waals surface area contributed by atoms with E-state index >= 15 is 0 Å². The molecular formula is C18H23N. The molecule has 1 aromatic rings. The smallest absolute Gasteiger partial charge is 0.0505 e. The third kappa shape index (κ3) is 5.01. The highest BCUT2D eigenvalue weighted by Crippen LogP contribution is 2.14. The first-order chi connectivity index (χ1) is 9.19. The molecule has 1 atom stereocenters. The van der Waals surface area contributed by atoms with Crippen molar-refractivity contribution in [1.82, 2.24) is 5.32 Å². The molecule has 0 aliphatic rings. The Hall–Kier alpha value is -2.02. The van der Waals surface area contributed by atoms with E-state index in [-0.39, 0.29) is 6.04 Å². The highest BCUT2D eigenvalue weighted by atomic mass is 14.9. The highest BCUT2D eigenvalue weighted by molar-refractivity contribution is 5.62. The average molecular weight is 253 g/mol. The molecule has 0 radical (unpaired) electrons. The van der Waals surface area contributed by atoms with E-state index in [9.17, 15) is 0 Å². The lowest BCUT2D eigenvalue weighted by molar-refractivity contribution is 0.669. The molecule has 0 spiro atoms. The standard InChI is InChI=1S/C18H23N/c1-5-7-9-12-15(3)18(6-2)19-16(4)17-13-10-8-11-14-17/h5,7-14,18-19H,3-4,6H2,1-2H3/b7-5-,12-9-. The Balaban J connectivity index is 2.67. The summed E-state index contributed by atoms with van der Waals surface area (Å²) in [5, 5.41) is 3.44. The minimum Gasteiger partial charge on any atom is -0.378 e. The second-order valence-electron chi connectivity index (χ2n) is 4.41. The monoisotopic (exact) mass is 253 g/mol. The number of hydrogen-bond donors (Lipinski definition) is 1. The van der Waals surface area contributed by atoms with Crippen LogP contribution in [-0.4, -0.2) is 6.04 Å². The van der Waals surface area contributed by atoms with E-state index in [1.54, 1.807) is 0 Å². The van der Waals surface area contributed by atoms with E-state index in [1.807, 2.05) is 49.4 Å². The topological polar surface area (TPSA) is 12.0 Å². The number of allylic oxidation sites excluding steroid dienone is 3. The van der Waals surface area contributed by atoms with Crippen molar-refractivity contribution in [2.45, 2.75) is 26.3 Å². The molecule has 1 N–H and O–H groups in total. The zero-order valence-corrected chi connectivity index (χ0v) is 11.9. The van der Waals surface area contributed by atoms with Crippen molar-refractivity contribution >= 4 is 5.70 Å². The van der Waals surface area contributed by atoms with Gasteiger partial charge in [-0.3, -0.25) is 0 Å². The predicted molar refractivity (Wildman–Crippen MR) is 85.8 cm³/mol. The fraction of sp³-hybridized carbons (Fsp3) is 0.222. The average Bonchev–Trinajstić information content (AvgIpc) is 2.45. The summed E-state index contributed by atoms with van der Waals surface area (Å²) in [6.45, 7) is 12.4. The first kappa shape index (κ1) is 15.0. The maximum absolute atomic E-state index is 4.12. The summed E-state index contributed by atoms with van der Waals surface area (Å²) < 4.78 is 0. The summed E-state index contributed by atoms with van der Waals surface area (Å²) in [5.74, 6) is 0. The Morgan fingerprint density at radius 3 is 2.47 bits per heavy atom. The fourth-order valence-corrected chi connectivity index (χ4v) is 1.80. The van der Waals surface area contributed by atoms with Crippen LogP contribution in [0.5, 0.6) is 0 Å². The summed E-state index contributed by atoms with van der Waals surface area (Å²) in [6.07, 6.45) is 9.03. The lowest BCUT2D eigenvalue weighted by Gasteiger charge is -2.20. The van der Waals surface area contributed by atoms with Crippen molar-refractivity contribution in [3.05, 3.63) is 78.9 Å². The molecule has 0 saturated heterocycles. The van der Waals surface area contributed by atoms with E-state index in [1.165, 1.54) is 0 Å². The maximum atomic E-state index is 4.12. The van der Waals surface area contributed by atoms with Gasteiger partial charge < -0.3 is 5.32 Å². The lowest BCUT2D eigenvalue weighted by Crippen LogP contribution is -2.27. The summed E-state index contributed by atoms with van der Waals surface area (Å²) in [4.78, 5) is 0. The predicted octanol–water partition coefficient (Wildman–Crippen LogP) is 4.71. The molecule has 1 aromatic carbocycles. The highest BCUT2D eigenvalue weighted by Gasteiger charge is 2.09. The van der Waals surface area contributed by atoms with E-state index in [0.717, 1.165) is 23.3 Å². The van der Waals surface area contributed by atoms with E-state index in [2.05, 4.69) is 37.5 Å². The van der Waals surface area contributed by atoms with Crippen LogP contribution in [0.2, 0.25) is 0 Å². The molecular weight excluding hydrogens is 230 g/mol. The third-order valence-corrected chi connectivity index (χ3v) is 2.94. The zero-order valence-electron chi connectivity index (χ0n) is 11.9. The summed E-state index contributed by atoms with van der Waals surface area (Å²) >= 11 is 0. The van der Waals surface area contributed by atoms with Gasteiger partial charge in [0.2, 0.25) is 0 Å². The van der Waals surface area contributed by atoms with Crippen LogP contribution >= 0.6 is 0 Å². The maximum Gasteiger partial charge on any atom is 0.0505 e. The molecule has 19 heavy (non-hydrogen) atoms. The Labute approximate surface area is 117 Å². The van der Waals surface area contributed by atoms with Gasteiger partial charge in [-0.15, -0.1) is 0 Å². The molecule has 1 heteroatoms. The molecule has 0 bridgehead atoms. The molecule has 100 valence electrons. The summed E-state index contributed by atoms with van der Waals surface area (Å²) in [6, 6.07) is 10.4. The van der Waals surface area contributed by atoms with Crippen LogP contribution in [0, 0.1) is 0 Å². The fourth-order valence-electron chi connectivity index (χ4n) is 1.80. The van der Waals surface area contributed by atoms with Gasteiger partial charge in [0, 0.05) is 5.70 Å². The first-order valence-corrected chi connectivity index (χ1v) is 6.68. The van der Waals surface area contributed by atoms with Crippen LogP contribution in [0.1, 0.15) is 25.8 Å². The third-order valence-electron chi connectivity index (χ3n) is 2.94. The summed E-state index contributed by atoms with van der Waals surface area (Å²) in [5.41, 5.74) is 3.12. The molecule has 0 fully saturated rings. The van der Waals surface area contributed by atoms with Gasteiger partial charge in [0.1, 0.15) is 0 Å². The van der Waals surface area contributed by atoms with Crippen LogP contribution in [0.4, 0.5) is 0 Å². The minimum atomic E-state index is 0.217. The van der Waals surface area contributed by atoms with Gasteiger partial charge in [0.25, 0.3) is 0 Å².